The monoisotopic (exact) mass is 242 g/mol. The first kappa shape index (κ1) is 14.6. The van der Waals surface area contributed by atoms with E-state index < -0.39 is 0 Å². The Hall–Kier alpha value is -0.510. The van der Waals surface area contributed by atoms with Crippen molar-refractivity contribution in [3.8, 4) is 5.75 Å². The molecule has 1 aromatic carbocycles. The zero-order valence-electron chi connectivity index (χ0n) is 10.6. The molecule has 0 heterocycles. The van der Waals surface area contributed by atoms with Gasteiger partial charge in [-0.15, -0.1) is 5.75 Å². The van der Waals surface area contributed by atoms with E-state index in [1.54, 1.807) is 6.07 Å². The van der Waals surface area contributed by atoms with Gasteiger partial charge in [0.15, 0.2) is 0 Å². The molecule has 0 aliphatic heterocycles. The van der Waals surface area contributed by atoms with Crippen molar-refractivity contribution < 1.29 is 44.2 Å². The number of hydrogen-bond donors (Lipinski definition) is 0. The smallest absolute Gasteiger partial charge is 0.872 e. The number of hydrogen-bond acceptors (Lipinski definition) is 3. The van der Waals surface area contributed by atoms with Crippen LogP contribution in [0, 0.1) is 0 Å². The number of fused-ring (bicyclic) bond motifs is 1. The molecule has 1 aliphatic carbocycles. The molecular formula is C13H15NaO3. The van der Waals surface area contributed by atoms with Gasteiger partial charge in [0.2, 0.25) is 0 Å². The minimum Gasteiger partial charge on any atom is -0.872 e. The van der Waals surface area contributed by atoms with Crippen LogP contribution in [0.3, 0.4) is 0 Å². The van der Waals surface area contributed by atoms with Crippen molar-refractivity contribution in [3.63, 3.8) is 0 Å². The molecule has 0 aromatic heterocycles. The Morgan fingerprint density at radius 1 is 1.53 bits per heavy atom. The van der Waals surface area contributed by atoms with Crippen LogP contribution in [0.25, 0.3) is 0 Å². The van der Waals surface area contributed by atoms with Crippen LogP contribution in [-0.2, 0) is 11.2 Å². The van der Waals surface area contributed by atoms with Gasteiger partial charge in [-0.05, 0) is 36.0 Å². The van der Waals surface area contributed by atoms with Crippen molar-refractivity contribution in [1.82, 2.24) is 0 Å². The molecule has 0 amide bonds. The molecule has 3 nitrogen and oxygen atoms in total. The summed E-state index contributed by atoms with van der Waals surface area (Å²) in [5.41, 5.74) is 2.26. The van der Waals surface area contributed by atoms with Gasteiger partial charge in [-0.1, -0.05) is 19.9 Å². The Balaban J connectivity index is 0.00000144. The van der Waals surface area contributed by atoms with E-state index >= 15 is 0 Å². The fourth-order valence-corrected chi connectivity index (χ4v) is 2.14. The fourth-order valence-electron chi connectivity index (χ4n) is 2.14. The van der Waals surface area contributed by atoms with Crippen molar-refractivity contribution in [2.75, 3.05) is 6.61 Å². The summed E-state index contributed by atoms with van der Waals surface area (Å²) in [4.78, 5) is 11.7. The molecule has 2 rings (SSSR count). The topological polar surface area (TPSA) is 49.4 Å². The van der Waals surface area contributed by atoms with Crippen LogP contribution in [0.1, 0.15) is 47.7 Å². The van der Waals surface area contributed by atoms with E-state index in [1.165, 1.54) is 6.07 Å². The van der Waals surface area contributed by atoms with Crippen molar-refractivity contribution >= 4 is 5.97 Å². The van der Waals surface area contributed by atoms with Gasteiger partial charge in [0, 0.05) is 0 Å². The molecular weight excluding hydrogens is 227 g/mol. The Bertz CT molecular complexity index is 429. The summed E-state index contributed by atoms with van der Waals surface area (Å²) < 4.78 is 5.08. The first-order chi connectivity index (χ1) is 7.65. The van der Waals surface area contributed by atoms with Gasteiger partial charge >= 0.3 is 35.5 Å². The largest absolute Gasteiger partial charge is 1.00 e. The SMILES string of the molecule is CCCOC(=O)c1ccc([O-])c2c1CC2C.[Na+]. The Morgan fingerprint density at radius 3 is 2.82 bits per heavy atom. The molecule has 1 aliphatic rings. The average Bonchev–Trinajstić information content (AvgIpc) is 2.24. The van der Waals surface area contributed by atoms with Crippen LogP contribution in [0.4, 0.5) is 0 Å². The summed E-state index contributed by atoms with van der Waals surface area (Å²) in [5.74, 6) is 0.0206. The summed E-state index contributed by atoms with van der Waals surface area (Å²) in [6.07, 6.45) is 1.62. The number of esters is 1. The third kappa shape index (κ3) is 2.67. The van der Waals surface area contributed by atoms with E-state index in [0.717, 1.165) is 24.0 Å². The predicted octanol–water partition coefficient (Wildman–Crippen LogP) is -1.01. The van der Waals surface area contributed by atoms with E-state index in [0.29, 0.717) is 12.2 Å². The van der Waals surface area contributed by atoms with Gasteiger partial charge in [0.1, 0.15) is 0 Å². The third-order valence-corrected chi connectivity index (χ3v) is 2.98. The summed E-state index contributed by atoms with van der Waals surface area (Å²) in [6, 6.07) is 3.06. The van der Waals surface area contributed by atoms with E-state index in [1.807, 2.05) is 13.8 Å². The molecule has 86 valence electrons. The molecule has 0 saturated heterocycles. The molecule has 17 heavy (non-hydrogen) atoms. The molecule has 0 spiro atoms. The van der Waals surface area contributed by atoms with E-state index in [4.69, 9.17) is 4.74 Å². The van der Waals surface area contributed by atoms with Gasteiger partial charge in [0.05, 0.1) is 12.2 Å². The molecule has 1 unspecified atom stereocenters. The van der Waals surface area contributed by atoms with Crippen LogP contribution >= 0.6 is 0 Å². The molecule has 1 atom stereocenters. The second-order valence-electron chi connectivity index (χ2n) is 4.24. The quantitative estimate of drug-likeness (QED) is 0.504. The molecule has 0 N–H and O–H groups in total. The standard InChI is InChI=1S/C13H16O3.Na/c1-3-6-16-13(15)9-4-5-11(14)12-8(2)7-10(9)12;/h4-5,8,14H,3,6-7H2,1-2H3;/q;+1/p-1. The number of benzene rings is 1. The summed E-state index contributed by atoms with van der Waals surface area (Å²) >= 11 is 0. The zero-order valence-corrected chi connectivity index (χ0v) is 12.6. The van der Waals surface area contributed by atoms with E-state index in [-0.39, 0.29) is 47.2 Å². The van der Waals surface area contributed by atoms with Gasteiger partial charge in [-0.25, -0.2) is 4.79 Å². The van der Waals surface area contributed by atoms with Crippen LogP contribution in [-0.4, -0.2) is 12.6 Å². The maximum atomic E-state index is 11.7. The molecule has 1 aromatic rings. The van der Waals surface area contributed by atoms with Crippen molar-refractivity contribution in [2.45, 2.75) is 32.6 Å². The first-order valence-electron chi connectivity index (χ1n) is 5.65. The number of carbonyl (C=O) groups is 1. The molecule has 0 fully saturated rings. The Labute approximate surface area is 123 Å². The van der Waals surface area contributed by atoms with E-state index in [2.05, 4.69) is 0 Å². The molecule has 0 saturated carbocycles. The first-order valence-corrected chi connectivity index (χ1v) is 5.65. The summed E-state index contributed by atoms with van der Waals surface area (Å²) in [6.45, 7) is 4.39. The summed E-state index contributed by atoms with van der Waals surface area (Å²) in [5, 5.41) is 11.5. The van der Waals surface area contributed by atoms with Gasteiger partial charge < -0.3 is 9.84 Å². The minimum absolute atomic E-state index is 0. The molecule has 4 heteroatoms. The molecule has 0 bridgehead atoms. The average molecular weight is 242 g/mol. The van der Waals surface area contributed by atoms with E-state index in [9.17, 15) is 9.90 Å². The molecule has 0 radical (unpaired) electrons. The van der Waals surface area contributed by atoms with Crippen LogP contribution in [0.5, 0.6) is 5.75 Å². The maximum Gasteiger partial charge on any atom is 1.00 e. The summed E-state index contributed by atoms with van der Waals surface area (Å²) in [7, 11) is 0. The van der Waals surface area contributed by atoms with Crippen molar-refractivity contribution in [2.24, 2.45) is 0 Å². The van der Waals surface area contributed by atoms with Crippen molar-refractivity contribution in [3.05, 3.63) is 28.8 Å². The van der Waals surface area contributed by atoms with Gasteiger partial charge in [-0.3, -0.25) is 0 Å². The van der Waals surface area contributed by atoms with Crippen LogP contribution in [0.2, 0.25) is 0 Å². The normalized spacial score (nSPS) is 16.5. The fraction of sp³-hybridized carbons (Fsp3) is 0.462. The van der Waals surface area contributed by atoms with Crippen molar-refractivity contribution in [1.29, 1.82) is 0 Å². The van der Waals surface area contributed by atoms with Gasteiger partial charge in [0.25, 0.3) is 0 Å². The Morgan fingerprint density at radius 2 is 2.24 bits per heavy atom. The second kappa shape index (κ2) is 5.89. The minimum atomic E-state index is -0.301. The van der Waals surface area contributed by atoms with Gasteiger partial charge in [-0.2, -0.15) is 0 Å². The Kier molecular flexibility index (Phi) is 5.04. The third-order valence-electron chi connectivity index (χ3n) is 2.98. The number of ether oxygens (including phenoxy) is 1. The zero-order chi connectivity index (χ0) is 11.7. The predicted molar refractivity (Wildman–Crippen MR) is 58.6 cm³/mol. The van der Waals surface area contributed by atoms with Crippen LogP contribution in [0.15, 0.2) is 12.1 Å². The maximum absolute atomic E-state index is 11.7. The number of carbonyl (C=O) groups excluding carboxylic acids is 1. The van der Waals surface area contributed by atoms with Crippen LogP contribution < -0.4 is 34.7 Å². The second-order valence-corrected chi connectivity index (χ2v) is 4.24. The number of rotatable bonds is 3.